The van der Waals surface area contributed by atoms with Gasteiger partial charge in [0.05, 0.1) is 10.3 Å². The fourth-order valence-corrected chi connectivity index (χ4v) is 2.22. The van der Waals surface area contributed by atoms with Crippen LogP contribution in [0.1, 0.15) is 20.3 Å². The predicted octanol–water partition coefficient (Wildman–Crippen LogP) is 3.63. The van der Waals surface area contributed by atoms with Crippen molar-refractivity contribution >= 4 is 22.1 Å². The van der Waals surface area contributed by atoms with E-state index in [-0.39, 0.29) is 10.6 Å². The molecule has 20 heavy (non-hydrogen) atoms. The molecule has 0 aliphatic heterocycles. The van der Waals surface area contributed by atoms with Crippen molar-refractivity contribution in [3.8, 4) is 0 Å². The number of nitro groups is 1. The molecular formula is C15H19N3O2. The number of nitrogens with zero attached hydrogens (tertiary/aromatic N) is 3. The van der Waals surface area contributed by atoms with E-state index >= 15 is 0 Å². The van der Waals surface area contributed by atoms with Crippen LogP contribution in [0.4, 0.5) is 11.4 Å². The second kappa shape index (κ2) is 5.86. The van der Waals surface area contributed by atoms with Crippen LogP contribution in [-0.4, -0.2) is 23.5 Å². The lowest BCUT2D eigenvalue weighted by molar-refractivity contribution is -0.383. The highest BCUT2D eigenvalue weighted by Gasteiger charge is 2.16. The first kappa shape index (κ1) is 14.2. The van der Waals surface area contributed by atoms with Crippen molar-refractivity contribution in [1.82, 2.24) is 4.98 Å². The van der Waals surface area contributed by atoms with Gasteiger partial charge in [-0.1, -0.05) is 13.8 Å². The summed E-state index contributed by atoms with van der Waals surface area (Å²) in [6, 6.07) is 5.22. The molecule has 0 atom stereocenters. The van der Waals surface area contributed by atoms with Crippen LogP contribution in [0.15, 0.2) is 30.6 Å². The molecular weight excluding hydrogens is 254 g/mol. The third-order valence-corrected chi connectivity index (χ3v) is 3.42. The number of aromatic nitrogens is 1. The van der Waals surface area contributed by atoms with Crippen molar-refractivity contribution in [1.29, 1.82) is 0 Å². The molecule has 106 valence electrons. The normalized spacial score (nSPS) is 11.0. The molecule has 0 unspecified atom stereocenters. The number of non-ortho nitro benzene ring substituents is 1. The smallest absolute Gasteiger partial charge is 0.278 e. The SMILES string of the molecule is CC(C)CCN(C)c1ccc([N+](=O)[O-])c2cnccc12. The van der Waals surface area contributed by atoms with Gasteiger partial charge in [0.2, 0.25) is 0 Å². The Bertz CT molecular complexity index is 626. The fraction of sp³-hybridized carbons (Fsp3) is 0.400. The van der Waals surface area contributed by atoms with Gasteiger partial charge in [-0.05, 0) is 24.5 Å². The zero-order valence-corrected chi connectivity index (χ0v) is 12.0. The van der Waals surface area contributed by atoms with E-state index in [1.165, 1.54) is 0 Å². The van der Waals surface area contributed by atoms with Gasteiger partial charge in [-0.15, -0.1) is 0 Å². The monoisotopic (exact) mass is 273 g/mol. The molecule has 1 aromatic heterocycles. The van der Waals surface area contributed by atoms with Gasteiger partial charge < -0.3 is 4.90 Å². The maximum Gasteiger partial charge on any atom is 0.278 e. The Morgan fingerprint density at radius 1 is 1.30 bits per heavy atom. The maximum atomic E-state index is 11.1. The summed E-state index contributed by atoms with van der Waals surface area (Å²) in [4.78, 5) is 16.9. The minimum atomic E-state index is -0.359. The van der Waals surface area contributed by atoms with E-state index in [0.29, 0.717) is 11.3 Å². The first-order chi connectivity index (χ1) is 9.50. The molecule has 5 heteroatoms. The summed E-state index contributed by atoms with van der Waals surface area (Å²) in [6.45, 7) is 5.30. The van der Waals surface area contributed by atoms with Crippen LogP contribution in [0.3, 0.4) is 0 Å². The molecule has 0 aliphatic rings. The standard InChI is InChI=1S/C15H19N3O2/c1-11(2)7-9-17(3)14-4-5-15(18(19)20)13-10-16-8-6-12(13)14/h4-6,8,10-11H,7,9H2,1-3H3. The zero-order chi connectivity index (χ0) is 14.7. The third kappa shape index (κ3) is 2.87. The highest BCUT2D eigenvalue weighted by Crippen LogP contribution is 2.32. The molecule has 2 rings (SSSR count). The number of rotatable bonds is 5. The number of benzene rings is 1. The van der Waals surface area contributed by atoms with Crippen LogP contribution in [0.2, 0.25) is 0 Å². The summed E-state index contributed by atoms with van der Waals surface area (Å²) in [5.74, 6) is 0.628. The summed E-state index contributed by atoms with van der Waals surface area (Å²) in [7, 11) is 2.02. The Kier molecular flexibility index (Phi) is 4.17. The highest BCUT2D eigenvalue weighted by atomic mass is 16.6. The van der Waals surface area contributed by atoms with E-state index in [9.17, 15) is 10.1 Å². The summed E-state index contributed by atoms with van der Waals surface area (Å²) in [6.07, 6.45) is 4.32. The van der Waals surface area contributed by atoms with Crippen LogP contribution in [-0.2, 0) is 0 Å². The van der Waals surface area contributed by atoms with Crippen molar-refractivity contribution in [2.45, 2.75) is 20.3 Å². The largest absolute Gasteiger partial charge is 0.374 e. The molecule has 0 aliphatic carbocycles. The van der Waals surface area contributed by atoms with Gasteiger partial charge in [-0.3, -0.25) is 15.1 Å². The van der Waals surface area contributed by atoms with Gasteiger partial charge in [0.25, 0.3) is 5.69 Å². The lowest BCUT2D eigenvalue weighted by Crippen LogP contribution is -2.20. The molecule has 0 radical (unpaired) electrons. The Hall–Kier alpha value is -2.17. The molecule has 1 aromatic carbocycles. The van der Waals surface area contributed by atoms with Gasteiger partial charge in [0.1, 0.15) is 0 Å². The predicted molar refractivity (Wildman–Crippen MR) is 81.1 cm³/mol. The molecule has 0 N–H and O–H groups in total. The summed E-state index contributed by atoms with van der Waals surface area (Å²) < 4.78 is 0. The number of nitro benzene ring substituents is 1. The molecule has 0 fully saturated rings. The first-order valence-electron chi connectivity index (χ1n) is 6.73. The summed E-state index contributed by atoms with van der Waals surface area (Å²) >= 11 is 0. The zero-order valence-electron chi connectivity index (χ0n) is 12.0. The quantitative estimate of drug-likeness (QED) is 0.616. The maximum absolute atomic E-state index is 11.1. The number of pyridine rings is 1. The van der Waals surface area contributed by atoms with Gasteiger partial charge in [0.15, 0.2) is 0 Å². The van der Waals surface area contributed by atoms with E-state index < -0.39 is 0 Å². The lowest BCUT2D eigenvalue weighted by atomic mass is 10.1. The first-order valence-corrected chi connectivity index (χ1v) is 6.73. The Morgan fingerprint density at radius 2 is 2.05 bits per heavy atom. The van der Waals surface area contributed by atoms with Crippen molar-refractivity contribution < 1.29 is 4.92 Å². The molecule has 0 saturated heterocycles. The van der Waals surface area contributed by atoms with Gasteiger partial charge in [-0.25, -0.2) is 0 Å². The fourth-order valence-electron chi connectivity index (χ4n) is 2.22. The third-order valence-electron chi connectivity index (χ3n) is 3.42. The second-order valence-corrected chi connectivity index (χ2v) is 5.39. The Labute approximate surface area is 118 Å². The van der Waals surface area contributed by atoms with Crippen LogP contribution < -0.4 is 4.90 Å². The molecule has 0 bridgehead atoms. The second-order valence-electron chi connectivity index (χ2n) is 5.39. The Morgan fingerprint density at radius 3 is 2.70 bits per heavy atom. The van der Waals surface area contributed by atoms with Gasteiger partial charge in [0, 0.05) is 43.1 Å². The number of fused-ring (bicyclic) bond motifs is 1. The highest BCUT2D eigenvalue weighted by molar-refractivity contribution is 5.99. The van der Waals surface area contributed by atoms with E-state index in [2.05, 4.69) is 23.7 Å². The van der Waals surface area contributed by atoms with Crippen molar-refractivity contribution in [3.05, 3.63) is 40.7 Å². The van der Waals surface area contributed by atoms with Crippen LogP contribution in [0.5, 0.6) is 0 Å². The van der Waals surface area contributed by atoms with Crippen LogP contribution >= 0.6 is 0 Å². The minimum absolute atomic E-state index is 0.106. The molecule has 5 nitrogen and oxygen atoms in total. The number of hydrogen-bond acceptors (Lipinski definition) is 4. The van der Waals surface area contributed by atoms with Crippen molar-refractivity contribution in [2.24, 2.45) is 5.92 Å². The van der Waals surface area contributed by atoms with E-state index in [4.69, 9.17) is 0 Å². The topological polar surface area (TPSA) is 59.3 Å². The van der Waals surface area contributed by atoms with Crippen LogP contribution in [0, 0.1) is 16.0 Å². The molecule has 0 spiro atoms. The van der Waals surface area contributed by atoms with E-state index in [0.717, 1.165) is 24.0 Å². The molecule has 0 saturated carbocycles. The molecule has 0 amide bonds. The van der Waals surface area contributed by atoms with E-state index in [1.807, 2.05) is 19.2 Å². The van der Waals surface area contributed by atoms with Crippen LogP contribution in [0.25, 0.3) is 10.8 Å². The Balaban J connectivity index is 2.45. The number of anilines is 1. The average Bonchev–Trinajstić information content (AvgIpc) is 2.43. The summed E-state index contributed by atoms with van der Waals surface area (Å²) in [5.41, 5.74) is 1.11. The minimum Gasteiger partial charge on any atom is -0.374 e. The van der Waals surface area contributed by atoms with Crippen molar-refractivity contribution in [2.75, 3.05) is 18.5 Å². The number of hydrogen-bond donors (Lipinski definition) is 0. The summed E-state index contributed by atoms with van der Waals surface area (Å²) in [5, 5.41) is 12.5. The van der Waals surface area contributed by atoms with Crippen molar-refractivity contribution in [3.63, 3.8) is 0 Å². The van der Waals surface area contributed by atoms with Gasteiger partial charge in [-0.2, -0.15) is 0 Å². The molecule has 2 aromatic rings. The van der Waals surface area contributed by atoms with E-state index in [1.54, 1.807) is 18.5 Å². The lowest BCUT2D eigenvalue weighted by Gasteiger charge is -2.22. The average molecular weight is 273 g/mol. The van der Waals surface area contributed by atoms with Gasteiger partial charge >= 0.3 is 0 Å². The molecule has 1 heterocycles.